The van der Waals surface area contributed by atoms with E-state index in [1.54, 1.807) is 18.2 Å². The van der Waals surface area contributed by atoms with E-state index < -0.39 is 5.97 Å². The molecule has 0 radical (unpaired) electrons. The highest BCUT2D eigenvalue weighted by atomic mass is 16.4. The van der Waals surface area contributed by atoms with Crippen LogP contribution < -0.4 is 10.6 Å². The van der Waals surface area contributed by atoms with Gasteiger partial charge in [-0.25, -0.2) is 4.79 Å². The minimum atomic E-state index is -0.891. The number of carboxylic acid groups (broad SMARTS) is 1. The average molecular weight is 248 g/mol. The molecule has 0 saturated carbocycles. The summed E-state index contributed by atoms with van der Waals surface area (Å²) < 4.78 is 0. The van der Waals surface area contributed by atoms with Crippen LogP contribution in [0.5, 0.6) is 0 Å². The van der Waals surface area contributed by atoms with Crippen molar-refractivity contribution in [1.29, 1.82) is 0 Å². The smallest absolute Gasteiger partial charge is 0.337 e. The van der Waals surface area contributed by atoms with Crippen LogP contribution in [-0.2, 0) is 0 Å². The molecule has 1 aliphatic heterocycles. The van der Waals surface area contributed by atoms with Crippen molar-refractivity contribution in [3.63, 3.8) is 0 Å². The maximum Gasteiger partial charge on any atom is 0.337 e. The maximum atomic E-state index is 11.2. The number of nitrogens with zero attached hydrogens (tertiary/aromatic N) is 1. The highest BCUT2D eigenvalue weighted by molar-refractivity contribution is 5.95. The Kier molecular flexibility index (Phi) is 3.45. The molecular formula is C14H20N2O2. The van der Waals surface area contributed by atoms with Crippen LogP contribution in [0, 0.1) is 11.8 Å². The van der Waals surface area contributed by atoms with Gasteiger partial charge in [-0.3, -0.25) is 0 Å². The van der Waals surface area contributed by atoms with Gasteiger partial charge in [0.25, 0.3) is 0 Å². The Hall–Kier alpha value is -1.71. The molecule has 1 heterocycles. The summed E-state index contributed by atoms with van der Waals surface area (Å²) in [4.78, 5) is 13.4. The lowest BCUT2D eigenvalue weighted by atomic mass is 9.95. The van der Waals surface area contributed by atoms with Crippen molar-refractivity contribution < 1.29 is 9.90 Å². The molecule has 1 saturated heterocycles. The Morgan fingerprint density at radius 1 is 1.50 bits per heavy atom. The highest BCUT2D eigenvalue weighted by Gasteiger charge is 2.27. The molecule has 1 atom stereocenters. The van der Waals surface area contributed by atoms with Crippen LogP contribution in [0.25, 0.3) is 0 Å². The molecule has 3 N–H and O–H groups in total. The van der Waals surface area contributed by atoms with Crippen LogP contribution in [0.3, 0.4) is 0 Å². The van der Waals surface area contributed by atoms with E-state index in [-0.39, 0.29) is 0 Å². The number of aromatic carboxylic acids is 1. The van der Waals surface area contributed by atoms with Gasteiger partial charge in [-0.15, -0.1) is 0 Å². The number of benzene rings is 1. The lowest BCUT2D eigenvalue weighted by Gasteiger charge is -2.22. The van der Waals surface area contributed by atoms with E-state index >= 15 is 0 Å². The summed E-state index contributed by atoms with van der Waals surface area (Å²) in [5.41, 5.74) is 7.48. The van der Waals surface area contributed by atoms with Gasteiger partial charge in [0, 0.05) is 18.8 Å². The summed E-state index contributed by atoms with van der Waals surface area (Å²) in [5, 5.41) is 9.22. The van der Waals surface area contributed by atoms with Gasteiger partial charge in [-0.05, 0) is 36.5 Å². The van der Waals surface area contributed by atoms with Gasteiger partial charge in [-0.2, -0.15) is 0 Å². The first kappa shape index (κ1) is 12.7. The van der Waals surface area contributed by atoms with Gasteiger partial charge in [-0.1, -0.05) is 13.8 Å². The summed E-state index contributed by atoms with van der Waals surface area (Å²) >= 11 is 0. The average Bonchev–Trinajstić information content (AvgIpc) is 2.77. The zero-order valence-electron chi connectivity index (χ0n) is 10.9. The number of carboxylic acids is 1. The van der Waals surface area contributed by atoms with Crippen molar-refractivity contribution in [2.45, 2.75) is 20.3 Å². The third kappa shape index (κ3) is 2.42. The van der Waals surface area contributed by atoms with Gasteiger partial charge in [0.15, 0.2) is 0 Å². The molecule has 1 unspecified atom stereocenters. The Balaban J connectivity index is 2.28. The fourth-order valence-corrected chi connectivity index (χ4v) is 2.54. The molecule has 0 bridgehead atoms. The van der Waals surface area contributed by atoms with Crippen LogP contribution in [0.2, 0.25) is 0 Å². The summed E-state index contributed by atoms with van der Waals surface area (Å²) in [6.45, 7) is 6.26. The minimum absolute atomic E-state index is 0.341. The third-order valence-corrected chi connectivity index (χ3v) is 3.76. The lowest BCUT2D eigenvalue weighted by molar-refractivity contribution is 0.0697. The van der Waals surface area contributed by atoms with Crippen molar-refractivity contribution >= 4 is 17.3 Å². The molecule has 1 fully saturated rings. The molecule has 1 aromatic rings. The van der Waals surface area contributed by atoms with E-state index in [0.717, 1.165) is 25.2 Å². The Morgan fingerprint density at radius 3 is 2.78 bits per heavy atom. The zero-order chi connectivity index (χ0) is 13.3. The molecule has 1 aromatic carbocycles. The van der Waals surface area contributed by atoms with Crippen LogP contribution in [0.15, 0.2) is 18.2 Å². The van der Waals surface area contributed by atoms with Crippen LogP contribution >= 0.6 is 0 Å². The second-order valence-electron chi connectivity index (χ2n) is 5.32. The minimum Gasteiger partial charge on any atom is -0.478 e. The number of hydrogen-bond donors (Lipinski definition) is 2. The van der Waals surface area contributed by atoms with Gasteiger partial charge >= 0.3 is 5.97 Å². The third-order valence-electron chi connectivity index (χ3n) is 3.76. The second-order valence-corrected chi connectivity index (χ2v) is 5.32. The lowest BCUT2D eigenvalue weighted by Crippen LogP contribution is -2.23. The van der Waals surface area contributed by atoms with Gasteiger partial charge in [0.1, 0.15) is 0 Å². The molecule has 0 aliphatic carbocycles. The largest absolute Gasteiger partial charge is 0.478 e. The first-order chi connectivity index (χ1) is 8.49. The number of anilines is 2. The Labute approximate surface area is 107 Å². The van der Waals surface area contributed by atoms with Crippen molar-refractivity contribution in [2.75, 3.05) is 23.7 Å². The fraction of sp³-hybridized carbons (Fsp3) is 0.500. The van der Waals surface area contributed by atoms with E-state index in [1.165, 1.54) is 0 Å². The summed E-state index contributed by atoms with van der Waals surface area (Å²) in [6.07, 6.45) is 1.12. The highest BCUT2D eigenvalue weighted by Crippen LogP contribution is 2.31. The standard InChI is InChI=1S/C14H20N2O2/c1-9(2)10-5-6-16(8-10)13-7-11(15)3-4-12(13)14(17)18/h3-4,7,9-10H,5-6,8,15H2,1-2H3,(H,17,18). The molecule has 1 aliphatic rings. The number of hydrogen-bond acceptors (Lipinski definition) is 3. The summed E-state index contributed by atoms with van der Waals surface area (Å²) in [5.74, 6) is 0.371. The first-order valence-electron chi connectivity index (χ1n) is 6.37. The summed E-state index contributed by atoms with van der Waals surface area (Å²) in [7, 11) is 0. The van der Waals surface area contributed by atoms with Crippen molar-refractivity contribution in [1.82, 2.24) is 0 Å². The number of nitrogen functional groups attached to an aromatic ring is 1. The van der Waals surface area contributed by atoms with Crippen molar-refractivity contribution in [3.05, 3.63) is 23.8 Å². The monoisotopic (exact) mass is 248 g/mol. The normalized spacial score (nSPS) is 19.5. The van der Waals surface area contributed by atoms with Crippen LogP contribution in [0.4, 0.5) is 11.4 Å². The maximum absolute atomic E-state index is 11.2. The molecule has 2 rings (SSSR count). The number of carbonyl (C=O) groups is 1. The van der Waals surface area contributed by atoms with E-state index in [1.807, 2.05) is 0 Å². The predicted octanol–water partition coefficient (Wildman–Crippen LogP) is 2.45. The van der Waals surface area contributed by atoms with Gasteiger partial charge < -0.3 is 15.7 Å². The molecular weight excluding hydrogens is 228 g/mol. The first-order valence-corrected chi connectivity index (χ1v) is 6.37. The van der Waals surface area contributed by atoms with Crippen molar-refractivity contribution in [3.8, 4) is 0 Å². The topological polar surface area (TPSA) is 66.6 Å². The van der Waals surface area contributed by atoms with E-state index in [2.05, 4.69) is 18.7 Å². The predicted molar refractivity (Wildman–Crippen MR) is 73.0 cm³/mol. The molecule has 18 heavy (non-hydrogen) atoms. The molecule has 0 amide bonds. The zero-order valence-corrected chi connectivity index (χ0v) is 10.9. The SMILES string of the molecule is CC(C)C1CCN(c2cc(N)ccc2C(=O)O)C1. The Morgan fingerprint density at radius 2 is 2.22 bits per heavy atom. The molecule has 0 aromatic heterocycles. The summed E-state index contributed by atoms with van der Waals surface area (Å²) in [6, 6.07) is 5.00. The number of rotatable bonds is 3. The molecule has 0 spiro atoms. The number of nitrogens with two attached hydrogens (primary N) is 1. The van der Waals surface area contributed by atoms with Crippen LogP contribution in [0.1, 0.15) is 30.6 Å². The van der Waals surface area contributed by atoms with E-state index in [0.29, 0.717) is 23.1 Å². The molecule has 98 valence electrons. The van der Waals surface area contributed by atoms with Gasteiger partial charge in [0.05, 0.1) is 11.3 Å². The van der Waals surface area contributed by atoms with E-state index in [4.69, 9.17) is 5.73 Å². The second kappa shape index (κ2) is 4.88. The molecule has 4 nitrogen and oxygen atoms in total. The Bertz CT molecular complexity index is 457. The van der Waals surface area contributed by atoms with E-state index in [9.17, 15) is 9.90 Å². The van der Waals surface area contributed by atoms with Crippen molar-refractivity contribution in [2.24, 2.45) is 11.8 Å². The van der Waals surface area contributed by atoms with Crippen LogP contribution in [-0.4, -0.2) is 24.2 Å². The van der Waals surface area contributed by atoms with Gasteiger partial charge in [0.2, 0.25) is 0 Å². The molecule has 4 heteroatoms. The quantitative estimate of drug-likeness (QED) is 0.806. The fourth-order valence-electron chi connectivity index (χ4n) is 2.54.